The summed E-state index contributed by atoms with van der Waals surface area (Å²) in [5.74, 6) is 0. The highest BCUT2D eigenvalue weighted by Crippen LogP contribution is 2.46. The average molecular weight is 509 g/mol. The second-order valence-corrected chi connectivity index (χ2v) is 12.6. The second-order valence-electron chi connectivity index (χ2n) is 12.6. The number of benzene rings is 7. The molecule has 7 aromatic rings. The number of fused-ring (bicyclic) bond motifs is 5. The van der Waals surface area contributed by atoms with Crippen LogP contribution in [0.1, 0.15) is 26.3 Å². The van der Waals surface area contributed by atoms with Crippen molar-refractivity contribution in [3.05, 3.63) is 121 Å². The van der Waals surface area contributed by atoms with E-state index in [1.165, 1.54) is 82.5 Å². The zero-order chi connectivity index (χ0) is 26.7. The van der Waals surface area contributed by atoms with E-state index in [1.807, 2.05) is 0 Å². The Morgan fingerprint density at radius 2 is 1.23 bits per heavy atom. The molecule has 0 spiro atoms. The molecule has 9 rings (SSSR count). The van der Waals surface area contributed by atoms with Crippen molar-refractivity contribution in [2.75, 3.05) is 4.90 Å². The Bertz CT molecular complexity index is 2150. The van der Waals surface area contributed by atoms with E-state index in [2.05, 4.69) is 141 Å². The molecule has 0 atom stereocenters. The molecular weight excluding hydrogens is 481 g/mol. The summed E-state index contributed by atoms with van der Waals surface area (Å²) in [7, 11) is 0. The Morgan fingerprint density at radius 3 is 2.05 bits per heavy atom. The van der Waals surface area contributed by atoms with Crippen LogP contribution in [-0.2, 0) is 5.41 Å². The van der Waals surface area contributed by atoms with Gasteiger partial charge in [-0.1, -0.05) is 123 Å². The van der Waals surface area contributed by atoms with Crippen LogP contribution in [0.4, 0.5) is 17.1 Å². The highest BCUT2D eigenvalue weighted by molar-refractivity contribution is 7.01. The molecule has 40 heavy (non-hydrogen) atoms. The molecule has 0 aromatic heterocycles. The molecule has 0 saturated carbocycles. The smallest absolute Gasteiger partial charge is 0.248 e. The minimum atomic E-state index is 0.106. The van der Waals surface area contributed by atoms with Crippen LogP contribution in [0.25, 0.3) is 43.4 Å². The predicted molar refractivity (Wildman–Crippen MR) is 174 cm³/mol. The van der Waals surface area contributed by atoms with E-state index >= 15 is 0 Å². The lowest BCUT2D eigenvalue weighted by atomic mass is 9.37. The molecule has 188 valence electrons. The maximum absolute atomic E-state index is 2.53. The van der Waals surface area contributed by atoms with Crippen LogP contribution in [0, 0.1) is 0 Å². The van der Waals surface area contributed by atoms with Gasteiger partial charge in [0.15, 0.2) is 0 Å². The summed E-state index contributed by atoms with van der Waals surface area (Å²) in [5, 5.41) is 7.93. The summed E-state index contributed by atoms with van der Waals surface area (Å²) in [6.45, 7) is 7.18. The fraction of sp³-hybridized carbons (Fsp3) is 0.105. The number of anilines is 3. The lowest BCUT2D eigenvalue weighted by molar-refractivity contribution is 0.591. The van der Waals surface area contributed by atoms with Gasteiger partial charge in [0.05, 0.1) is 5.69 Å². The first-order chi connectivity index (χ1) is 19.5. The molecule has 7 aromatic carbocycles. The second kappa shape index (κ2) is 7.55. The zero-order valence-corrected chi connectivity index (χ0v) is 23.0. The van der Waals surface area contributed by atoms with Crippen LogP contribution in [0.3, 0.4) is 0 Å². The number of para-hydroxylation sites is 1. The minimum Gasteiger partial charge on any atom is -0.311 e. The van der Waals surface area contributed by atoms with E-state index in [1.54, 1.807) is 0 Å². The van der Waals surface area contributed by atoms with Gasteiger partial charge in [0.2, 0.25) is 6.71 Å². The molecular formula is C38H28BN. The molecule has 2 heterocycles. The summed E-state index contributed by atoms with van der Waals surface area (Å²) < 4.78 is 0. The highest BCUT2D eigenvalue weighted by Gasteiger charge is 2.42. The Balaban J connectivity index is 1.36. The van der Waals surface area contributed by atoms with Crippen LogP contribution in [0.2, 0.25) is 0 Å². The van der Waals surface area contributed by atoms with Gasteiger partial charge in [0.25, 0.3) is 0 Å². The molecule has 0 N–H and O–H groups in total. The van der Waals surface area contributed by atoms with Gasteiger partial charge in [-0.3, -0.25) is 0 Å². The molecule has 2 aliphatic heterocycles. The van der Waals surface area contributed by atoms with Gasteiger partial charge >= 0.3 is 0 Å². The van der Waals surface area contributed by atoms with Crippen molar-refractivity contribution in [3.8, 4) is 11.1 Å². The van der Waals surface area contributed by atoms with E-state index in [0.29, 0.717) is 0 Å². The third-order valence-corrected chi connectivity index (χ3v) is 9.37. The summed E-state index contributed by atoms with van der Waals surface area (Å²) in [4.78, 5) is 2.53. The van der Waals surface area contributed by atoms with Crippen LogP contribution < -0.4 is 21.3 Å². The molecule has 0 radical (unpaired) electrons. The molecule has 0 aliphatic carbocycles. The number of nitrogens with zero attached hydrogens (tertiary/aromatic N) is 1. The largest absolute Gasteiger partial charge is 0.311 e. The van der Waals surface area contributed by atoms with Gasteiger partial charge in [-0.05, 0) is 78.2 Å². The third kappa shape index (κ3) is 2.78. The minimum absolute atomic E-state index is 0.106. The standard InChI is InChI=1S/C38H28BN/c1-38(2,3)26-18-20-27-28-10-7-13-34-37(28)39(31(27)22-26)30-11-4-5-12-33(30)40(34)32-21-17-25-15-14-23-8-6-9-24-16-19-29(32)36(25)35(23)24/h4-22H,1-3H3. The van der Waals surface area contributed by atoms with E-state index < -0.39 is 0 Å². The van der Waals surface area contributed by atoms with Gasteiger partial charge in [-0.15, -0.1) is 0 Å². The molecule has 2 heteroatoms. The molecule has 1 nitrogen and oxygen atoms in total. The summed E-state index contributed by atoms with van der Waals surface area (Å²) in [6, 6.07) is 43.6. The quantitative estimate of drug-likeness (QED) is 0.159. The maximum Gasteiger partial charge on any atom is 0.248 e. The molecule has 2 aliphatic rings. The molecule has 0 saturated heterocycles. The maximum atomic E-state index is 2.53. The van der Waals surface area contributed by atoms with Crippen molar-refractivity contribution in [3.63, 3.8) is 0 Å². The molecule has 0 unspecified atom stereocenters. The normalized spacial score (nSPS) is 13.8. The van der Waals surface area contributed by atoms with Crippen LogP contribution in [-0.4, -0.2) is 6.71 Å². The summed E-state index contributed by atoms with van der Waals surface area (Å²) >= 11 is 0. The Hall–Kier alpha value is -4.56. The van der Waals surface area contributed by atoms with Crippen molar-refractivity contribution in [1.29, 1.82) is 0 Å². The first-order valence-electron chi connectivity index (χ1n) is 14.3. The van der Waals surface area contributed by atoms with Crippen LogP contribution >= 0.6 is 0 Å². The first kappa shape index (κ1) is 22.3. The Kier molecular flexibility index (Phi) is 4.20. The van der Waals surface area contributed by atoms with Gasteiger partial charge in [-0.2, -0.15) is 0 Å². The third-order valence-electron chi connectivity index (χ3n) is 9.37. The fourth-order valence-electron chi connectivity index (χ4n) is 7.52. The molecule has 0 fully saturated rings. The number of rotatable bonds is 1. The zero-order valence-electron chi connectivity index (χ0n) is 23.0. The first-order valence-corrected chi connectivity index (χ1v) is 14.3. The van der Waals surface area contributed by atoms with Crippen molar-refractivity contribution < 1.29 is 0 Å². The van der Waals surface area contributed by atoms with Crippen molar-refractivity contribution >= 4 is 72.5 Å². The van der Waals surface area contributed by atoms with Crippen LogP contribution in [0.5, 0.6) is 0 Å². The van der Waals surface area contributed by atoms with Gasteiger partial charge in [0.1, 0.15) is 0 Å². The number of hydrogen-bond acceptors (Lipinski definition) is 1. The van der Waals surface area contributed by atoms with E-state index in [4.69, 9.17) is 0 Å². The molecule has 0 amide bonds. The SMILES string of the molecule is CC(C)(C)c1ccc2c(c1)B1c3ccccc3N(c3ccc4ccc5cccc6ccc3c4c56)c3cccc-2c31. The fourth-order valence-corrected chi connectivity index (χ4v) is 7.52. The lowest BCUT2D eigenvalue weighted by Gasteiger charge is -2.36. The average Bonchev–Trinajstić information content (AvgIpc) is 3.31. The van der Waals surface area contributed by atoms with E-state index in [-0.39, 0.29) is 12.1 Å². The summed E-state index contributed by atoms with van der Waals surface area (Å²) in [6.07, 6.45) is 0. The highest BCUT2D eigenvalue weighted by atomic mass is 15.2. The van der Waals surface area contributed by atoms with Crippen LogP contribution in [0.15, 0.2) is 115 Å². The van der Waals surface area contributed by atoms with Crippen molar-refractivity contribution in [1.82, 2.24) is 0 Å². The number of hydrogen-bond donors (Lipinski definition) is 0. The summed E-state index contributed by atoms with van der Waals surface area (Å²) in [5.41, 5.74) is 12.3. The van der Waals surface area contributed by atoms with E-state index in [0.717, 1.165) is 0 Å². The van der Waals surface area contributed by atoms with Crippen molar-refractivity contribution in [2.45, 2.75) is 26.2 Å². The lowest BCUT2D eigenvalue weighted by Crippen LogP contribution is -2.54. The van der Waals surface area contributed by atoms with Gasteiger partial charge in [-0.25, -0.2) is 0 Å². The van der Waals surface area contributed by atoms with Gasteiger partial charge < -0.3 is 4.90 Å². The monoisotopic (exact) mass is 509 g/mol. The Morgan fingerprint density at radius 1 is 0.525 bits per heavy atom. The predicted octanol–water partition coefficient (Wildman–Crippen LogP) is 8.16. The molecule has 0 bridgehead atoms. The Labute approximate surface area is 235 Å². The van der Waals surface area contributed by atoms with E-state index in [9.17, 15) is 0 Å². The topological polar surface area (TPSA) is 3.24 Å². The van der Waals surface area contributed by atoms with Gasteiger partial charge in [0, 0.05) is 16.8 Å². The van der Waals surface area contributed by atoms with Crippen molar-refractivity contribution in [2.24, 2.45) is 0 Å².